The van der Waals surface area contributed by atoms with E-state index in [2.05, 4.69) is 4.90 Å². The second-order valence-electron chi connectivity index (χ2n) is 4.07. The zero-order chi connectivity index (χ0) is 9.84. The van der Waals surface area contributed by atoms with Gasteiger partial charge in [0.1, 0.15) is 12.0 Å². The maximum absolute atomic E-state index is 12.7. The van der Waals surface area contributed by atoms with E-state index in [-0.39, 0.29) is 11.7 Å². The van der Waals surface area contributed by atoms with Gasteiger partial charge in [-0.25, -0.2) is 4.39 Å². The number of Topliss-reactive ketones (excluding diaryl/α,β-unsaturated/α-hetero) is 1. The Bertz CT molecular complexity index is 174. The minimum absolute atomic E-state index is 0.100. The number of halogens is 1. The highest BCUT2D eigenvalue weighted by atomic mass is 19.1. The molecular weight excluding hydrogens is 169 g/mol. The fraction of sp³-hybridized carbons (Fsp3) is 0.900. The summed E-state index contributed by atoms with van der Waals surface area (Å²) in [7, 11) is 0. The zero-order valence-corrected chi connectivity index (χ0v) is 8.42. The maximum atomic E-state index is 12.7. The number of hydrogen-bond acceptors (Lipinski definition) is 2. The molecule has 1 aliphatic rings. The van der Waals surface area contributed by atoms with Gasteiger partial charge in [0.25, 0.3) is 0 Å². The predicted octanol–water partition coefficient (Wildman–Crippen LogP) is 1.65. The lowest BCUT2D eigenvalue weighted by atomic mass is 10.1. The summed E-state index contributed by atoms with van der Waals surface area (Å²) in [6.07, 6.45) is 0.530. The largest absolute Gasteiger partial charge is 0.298 e. The molecule has 1 aliphatic heterocycles. The SMILES string of the molecule is CC(C)C(=O)CN1CCC(F)CC1. The van der Waals surface area contributed by atoms with Gasteiger partial charge in [0.2, 0.25) is 0 Å². The topological polar surface area (TPSA) is 20.3 Å². The number of likely N-dealkylation sites (tertiary alicyclic amines) is 1. The van der Waals surface area contributed by atoms with Gasteiger partial charge >= 0.3 is 0 Å². The van der Waals surface area contributed by atoms with Crippen LogP contribution in [-0.4, -0.2) is 36.5 Å². The number of piperidine rings is 1. The molecule has 13 heavy (non-hydrogen) atoms. The van der Waals surface area contributed by atoms with Gasteiger partial charge in [0, 0.05) is 19.0 Å². The third-order valence-electron chi connectivity index (χ3n) is 2.54. The van der Waals surface area contributed by atoms with E-state index in [9.17, 15) is 9.18 Å². The van der Waals surface area contributed by atoms with Crippen molar-refractivity contribution in [3.05, 3.63) is 0 Å². The Morgan fingerprint density at radius 1 is 1.46 bits per heavy atom. The highest BCUT2D eigenvalue weighted by molar-refractivity contribution is 5.82. The van der Waals surface area contributed by atoms with E-state index in [1.165, 1.54) is 0 Å². The third-order valence-corrected chi connectivity index (χ3v) is 2.54. The van der Waals surface area contributed by atoms with Gasteiger partial charge in [-0.05, 0) is 12.8 Å². The number of carbonyl (C=O) groups excluding carboxylic acids is 1. The van der Waals surface area contributed by atoms with Gasteiger partial charge in [-0.15, -0.1) is 0 Å². The Kier molecular flexibility index (Phi) is 3.85. The van der Waals surface area contributed by atoms with Crippen LogP contribution in [-0.2, 0) is 4.79 Å². The summed E-state index contributed by atoms with van der Waals surface area (Å²) in [6, 6.07) is 0. The molecule has 0 N–H and O–H groups in total. The van der Waals surface area contributed by atoms with Crippen LogP contribution in [0.25, 0.3) is 0 Å². The molecule has 0 unspecified atom stereocenters. The molecule has 0 amide bonds. The molecule has 0 aliphatic carbocycles. The molecule has 1 rings (SSSR count). The molecule has 0 aromatic rings. The predicted molar refractivity (Wildman–Crippen MR) is 50.4 cm³/mol. The van der Waals surface area contributed by atoms with Crippen molar-refractivity contribution < 1.29 is 9.18 Å². The van der Waals surface area contributed by atoms with Crippen LogP contribution in [0, 0.1) is 5.92 Å². The quantitative estimate of drug-likeness (QED) is 0.669. The normalized spacial score (nSPS) is 20.9. The van der Waals surface area contributed by atoms with Crippen LogP contribution in [0.5, 0.6) is 0 Å². The second-order valence-corrected chi connectivity index (χ2v) is 4.07. The average Bonchev–Trinajstić information content (AvgIpc) is 2.08. The summed E-state index contributed by atoms with van der Waals surface area (Å²) in [6.45, 7) is 5.79. The first-order valence-corrected chi connectivity index (χ1v) is 4.98. The van der Waals surface area contributed by atoms with E-state index in [1.54, 1.807) is 0 Å². The Morgan fingerprint density at radius 2 is 2.00 bits per heavy atom. The van der Waals surface area contributed by atoms with Crippen LogP contribution in [0.4, 0.5) is 4.39 Å². The monoisotopic (exact) mass is 187 g/mol. The Morgan fingerprint density at radius 3 is 2.46 bits per heavy atom. The number of hydrogen-bond donors (Lipinski definition) is 0. The average molecular weight is 187 g/mol. The molecule has 1 saturated heterocycles. The van der Waals surface area contributed by atoms with E-state index in [0.29, 0.717) is 19.4 Å². The van der Waals surface area contributed by atoms with Crippen LogP contribution >= 0.6 is 0 Å². The molecule has 0 spiro atoms. The van der Waals surface area contributed by atoms with E-state index >= 15 is 0 Å². The summed E-state index contributed by atoms with van der Waals surface area (Å²) in [5, 5.41) is 0. The summed E-state index contributed by atoms with van der Waals surface area (Å²) in [4.78, 5) is 13.4. The lowest BCUT2D eigenvalue weighted by Gasteiger charge is -2.28. The number of alkyl halides is 1. The zero-order valence-electron chi connectivity index (χ0n) is 8.42. The molecule has 1 heterocycles. The summed E-state index contributed by atoms with van der Waals surface area (Å²) >= 11 is 0. The molecule has 0 radical (unpaired) electrons. The summed E-state index contributed by atoms with van der Waals surface area (Å²) < 4.78 is 12.7. The van der Waals surface area contributed by atoms with Crippen molar-refractivity contribution in [2.75, 3.05) is 19.6 Å². The lowest BCUT2D eigenvalue weighted by Crippen LogP contribution is -2.38. The van der Waals surface area contributed by atoms with Crippen molar-refractivity contribution in [2.24, 2.45) is 5.92 Å². The molecule has 0 bridgehead atoms. The van der Waals surface area contributed by atoms with Gasteiger partial charge in [0.15, 0.2) is 0 Å². The van der Waals surface area contributed by atoms with Crippen LogP contribution in [0.2, 0.25) is 0 Å². The number of rotatable bonds is 3. The molecule has 2 nitrogen and oxygen atoms in total. The third kappa shape index (κ3) is 3.43. The molecule has 0 aromatic heterocycles. The van der Waals surface area contributed by atoms with Gasteiger partial charge in [-0.2, -0.15) is 0 Å². The Hall–Kier alpha value is -0.440. The van der Waals surface area contributed by atoms with Crippen molar-refractivity contribution >= 4 is 5.78 Å². The Balaban J connectivity index is 2.26. The first-order valence-electron chi connectivity index (χ1n) is 4.98. The van der Waals surface area contributed by atoms with Gasteiger partial charge in [0.05, 0.1) is 6.54 Å². The van der Waals surface area contributed by atoms with Crippen LogP contribution in [0.15, 0.2) is 0 Å². The van der Waals surface area contributed by atoms with Gasteiger partial charge in [-0.1, -0.05) is 13.8 Å². The van der Waals surface area contributed by atoms with Crippen molar-refractivity contribution in [1.82, 2.24) is 4.90 Å². The van der Waals surface area contributed by atoms with E-state index < -0.39 is 6.17 Å². The highest BCUT2D eigenvalue weighted by Crippen LogP contribution is 2.13. The molecule has 1 fully saturated rings. The molecule has 0 saturated carbocycles. The van der Waals surface area contributed by atoms with Gasteiger partial charge in [-0.3, -0.25) is 9.69 Å². The minimum atomic E-state index is -0.648. The molecule has 0 atom stereocenters. The van der Waals surface area contributed by atoms with Crippen molar-refractivity contribution in [1.29, 1.82) is 0 Å². The van der Waals surface area contributed by atoms with E-state index in [1.807, 2.05) is 13.8 Å². The first-order chi connectivity index (χ1) is 6.09. The fourth-order valence-corrected chi connectivity index (χ4v) is 1.46. The van der Waals surface area contributed by atoms with Crippen molar-refractivity contribution in [2.45, 2.75) is 32.9 Å². The molecule has 76 valence electrons. The number of ketones is 1. The highest BCUT2D eigenvalue weighted by Gasteiger charge is 2.20. The van der Waals surface area contributed by atoms with Crippen LogP contribution < -0.4 is 0 Å². The van der Waals surface area contributed by atoms with E-state index in [0.717, 1.165) is 13.1 Å². The first kappa shape index (κ1) is 10.6. The van der Waals surface area contributed by atoms with Crippen LogP contribution in [0.1, 0.15) is 26.7 Å². The molecule has 0 aromatic carbocycles. The van der Waals surface area contributed by atoms with E-state index in [4.69, 9.17) is 0 Å². The van der Waals surface area contributed by atoms with Crippen LogP contribution in [0.3, 0.4) is 0 Å². The van der Waals surface area contributed by atoms with Gasteiger partial charge < -0.3 is 0 Å². The minimum Gasteiger partial charge on any atom is -0.298 e. The number of carbonyl (C=O) groups is 1. The van der Waals surface area contributed by atoms with Crippen molar-refractivity contribution in [3.8, 4) is 0 Å². The van der Waals surface area contributed by atoms with Crippen molar-refractivity contribution in [3.63, 3.8) is 0 Å². The second kappa shape index (κ2) is 4.70. The Labute approximate surface area is 79.1 Å². The number of nitrogens with zero attached hydrogens (tertiary/aromatic N) is 1. The summed E-state index contributed by atoms with van der Waals surface area (Å²) in [5.74, 6) is 0.361. The molecule has 3 heteroatoms. The smallest absolute Gasteiger partial charge is 0.149 e. The fourth-order valence-electron chi connectivity index (χ4n) is 1.46. The maximum Gasteiger partial charge on any atom is 0.149 e. The molecular formula is C10H18FNO. The lowest BCUT2D eigenvalue weighted by molar-refractivity contribution is -0.123. The summed E-state index contributed by atoms with van der Waals surface area (Å²) in [5.41, 5.74) is 0. The standard InChI is InChI=1S/C10H18FNO/c1-8(2)10(13)7-12-5-3-9(11)4-6-12/h8-9H,3-7H2,1-2H3.